The molecule has 2 amide bonds. The first-order valence-electron chi connectivity index (χ1n) is 10.0. The molecule has 1 aliphatic rings. The van der Waals surface area contributed by atoms with E-state index >= 15 is 0 Å². The molecule has 2 aromatic rings. The normalized spacial score (nSPS) is 15.0. The third-order valence-corrected chi connectivity index (χ3v) is 6.45. The van der Waals surface area contributed by atoms with Crippen molar-refractivity contribution in [1.29, 1.82) is 0 Å². The first-order valence-corrected chi connectivity index (χ1v) is 10.8. The molecule has 1 aromatic heterocycles. The fourth-order valence-electron chi connectivity index (χ4n) is 3.23. The van der Waals surface area contributed by atoms with Gasteiger partial charge in [-0.25, -0.2) is 0 Å². The number of carbonyl (C=O) groups is 2. The third-order valence-electron chi connectivity index (χ3n) is 5.31. The number of nitrogens with zero attached hydrogens (tertiary/aromatic N) is 1. The maximum atomic E-state index is 13.6. The molecular formula is C23H30N2O3S. The van der Waals surface area contributed by atoms with Crippen LogP contribution in [0.15, 0.2) is 30.3 Å². The van der Waals surface area contributed by atoms with Gasteiger partial charge in [-0.15, -0.1) is 11.3 Å². The molecule has 0 bridgehead atoms. The molecule has 29 heavy (non-hydrogen) atoms. The number of hydrogen-bond donors (Lipinski definition) is 1. The monoisotopic (exact) mass is 414 g/mol. The Hall–Kier alpha value is -2.34. The Balaban J connectivity index is 1.90. The summed E-state index contributed by atoms with van der Waals surface area (Å²) in [7, 11) is 1.63. The number of anilines is 2. The SMILES string of the molecule is COc1ccc(N(C(=O)c2sc(NC(=O)C(C)(C)C)cc2C)C(C)C2CC2)cc1. The molecule has 1 fully saturated rings. The molecule has 1 saturated carbocycles. The maximum absolute atomic E-state index is 13.6. The van der Waals surface area contributed by atoms with Crippen LogP contribution in [0.3, 0.4) is 0 Å². The Morgan fingerprint density at radius 1 is 1.21 bits per heavy atom. The highest BCUT2D eigenvalue weighted by atomic mass is 32.1. The fourth-order valence-corrected chi connectivity index (χ4v) is 4.24. The summed E-state index contributed by atoms with van der Waals surface area (Å²) in [5, 5.41) is 3.66. The number of carbonyl (C=O) groups excluding carboxylic acids is 2. The van der Waals surface area contributed by atoms with Gasteiger partial charge in [-0.05, 0) is 68.5 Å². The highest BCUT2D eigenvalue weighted by Crippen LogP contribution is 2.39. The van der Waals surface area contributed by atoms with E-state index in [1.54, 1.807) is 7.11 Å². The van der Waals surface area contributed by atoms with Gasteiger partial charge in [0.15, 0.2) is 0 Å². The second-order valence-corrected chi connectivity index (χ2v) is 9.83. The van der Waals surface area contributed by atoms with Crippen LogP contribution in [0.5, 0.6) is 5.75 Å². The number of benzene rings is 1. The summed E-state index contributed by atoms with van der Waals surface area (Å²) in [5.74, 6) is 1.21. The highest BCUT2D eigenvalue weighted by molar-refractivity contribution is 7.18. The zero-order chi connectivity index (χ0) is 21.3. The topological polar surface area (TPSA) is 58.6 Å². The predicted octanol–water partition coefficient (Wildman–Crippen LogP) is 5.50. The smallest absolute Gasteiger partial charge is 0.268 e. The Labute approximate surface area is 177 Å². The first kappa shape index (κ1) is 21.4. The number of ether oxygens (including phenoxy) is 1. The molecule has 0 spiro atoms. The van der Waals surface area contributed by atoms with E-state index in [1.165, 1.54) is 11.3 Å². The Morgan fingerprint density at radius 3 is 2.34 bits per heavy atom. The van der Waals surface area contributed by atoms with Gasteiger partial charge in [0.1, 0.15) is 5.75 Å². The lowest BCUT2D eigenvalue weighted by molar-refractivity contribution is -0.123. The second-order valence-electron chi connectivity index (χ2n) is 8.78. The lowest BCUT2D eigenvalue weighted by Crippen LogP contribution is -2.40. The molecule has 6 heteroatoms. The quantitative estimate of drug-likeness (QED) is 0.679. The first-order chi connectivity index (χ1) is 13.6. The number of rotatable bonds is 6. The van der Waals surface area contributed by atoms with Crippen LogP contribution < -0.4 is 15.0 Å². The van der Waals surface area contributed by atoms with Crippen LogP contribution in [-0.2, 0) is 4.79 Å². The van der Waals surface area contributed by atoms with Gasteiger partial charge < -0.3 is 15.0 Å². The number of hydrogen-bond acceptors (Lipinski definition) is 4. The number of amides is 2. The van der Waals surface area contributed by atoms with Crippen molar-refractivity contribution >= 4 is 33.8 Å². The summed E-state index contributed by atoms with van der Waals surface area (Å²) in [5.41, 5.74) is 1.26. The van der Waals surface area contributed by atoms with Gasteiger partial charge in [0.05, 0.1) is 17.0 Å². The average molecular weight is 415 g/mol. The number of nitrogens with one attached hydrogen (secondary N) is 1. The molecule has 1 N–H and O–H groups in total. The van der Waals surface area contributed by atoms with Crippen molar-refractivity contribution in [3.8, 4) is 5.75 Å². The van der Waals surface area contributed by atoms with E-state index in [4.69, 9.17) is 4.74 Å². The number of aryl methyl sites for hydroxylation is 1. The molecular weight excluding hydrogens is 384 g/mol. The molecule has 0 aliphatic heterocycles. The minimum absolute atomic E-state index is 0.0201. The van der Waals surface area contributed by atoms with Gasteiger partial charge in [-0.2, -0.15) is 0 Å². The van der Waals surface area contributed by atoms with Gasteiger partial charge in [-0.3, -0.25) is 9.59 Å². The Morgan fingerprint density at radius 2 is 1.83 bits per heavy atom. The van der Waals surface area contributed by atoms with Gasteiger partial charge in [0.25, 0.3) is 5.91 Å². The Kier molecular flexibility index (Phi) is 6.03. The van der Waals surface area contributed by atoms with E-state index in [0.29, 0.717) is 15.8 Å². The van der Waals surface area contributed by atoms with Crippen LogP contribution in [-0.4, -0.2) is 25.0 Å². The number of methoxy groups -OCH3 is 1. The van der Waals surface area contributed by atoms with Gasteiger partial charge in [0, 0.05) is 17.1 Å². The molecule has 0 radical (unpaired) electrons. The zero-order valence-electron chi connectivity index (χ0n) is 18.0. The van der Waals surface area contributed by atoms with E-state index < -0.39 is 5.41 Å². The second kappa shape index (κ2) is 8.19. The van der Waals surface area contributed by atoms with Crippen LogP contribution in [0.1, 0.15) is 55.8 Å². The molecule has 1 heterocycles. The summed E-state index contributed by atoms with van der Waals surface area (Å²) < 4.78 is 5.26. The molecule has 0 saturated heterocycles. The van der Waals surface area contributed by atoms with E-state index in [1.807, 2.05) is 62.9 Å². The molecule has 1 aromatic carbocycles. The van der Waals surface area contributed by atoms with Crippen molar-refractivity contribution in [2.45, 2.75) is 53.5 Å². The van der Waals surface area contributed by atoms with Gasteiger partial charge >= 0.3 is 0 Å². The van der Waals surface area contributed by atoms with Crippen molar-refractivity contribution < 1.29 is 14.3 Å². The summed E-state index contributed by atoms with van der Waals surface area (Å²) in [4.78, 5) is 28.5. The minimum Gasteiger partial charge on any atom is -0.497 e. The van der Waals surface area contributed by atoms with Crippen molar-refractivity contribution in [2.24, 2.45) is 11.3 Å². The van der Waals surface area contributed by atoms with Crippen molar-refractivity contribution in [3.05, 3.63) is 40.8 Å². The van der Waals surface area contributed by atoms with Crippen molar-refractivity contribution in [1.82, 2.24) is 0 Å². The molecule has 1 unspecified atom stereocenters. The lowest BCUT2D eigenvalue weighted by atomic mass is 9.96. The molecule has 5 nitrogen and oxygen atoms in total. The van der Waals surface area contributed by atoms with E-state index in [-0.39, 0.29) is 17.9 Å². The van der Waals surface area contributed by atoms with Gasteiger partial charge in [0.2, 0.25) is 5.91 Å². The maximum Gasteiger partial charge on any atom is 0.268 e. The molecule has 1 atom stereocenters. The van der Waals surface area contributed by atoms with Gasteiger partial charge in [-0.1, -0.05) is 20.8 Å². The molecule has 1 aliphatic carbocycles. The van der Waals surface area contributed by atoms with Crippen molar-refractivity contribution in [2.75, 3.05) is 17.3 Å². The van der Waals surface area contributed by atoms with Crippen molar-refractivity contribution in [3.63, 3.8) is 0 Å². The Bertz CT molecular complexity index is 892. The zero-order valence-corrected chi connectivity index (χ0v) is 18.9. The standard InChI is InChI=1S/C23H30N2O3S/c1-14-13-19(24-22(27)23(3,4)5)29-20(14)21(26)25(15(2)16-7-8-16)17-9-11-18(28-6)12-10-17/h9-13,15-16H,7-8H2,1-6H3,(H,24,27). The lowest BCUT2D eigenvalue weighted by Gasteiger charge is -2.29. The van der Waals surface area contributed by atoms with Crippen LogP contribution >= 0.6 is 11.3 Å². The fraction of sp³-hybridized carbons (Fsp3) is 0.478. The van der Waals surface area contributed by atoms with Crippen LogP contribution in [0.2, 0.25) is 0 Å². The van der Waals surface area contributed by atoms with E-state index in [9.17, 15) is 9.59 Å². The molecule has 3 rings (SSSR count). The van der Waals surface area contributed by atoms with Crippen LogP contribution in [0.4, 0.5) is 10.7 Å². The largest absolute Gasteiger partial charge is 0.497 e. The highest BCUT2D eigenvalue weighted by Gasteiger charge is 2.36. The summed E-state index contributed by atoms with van der Waals surface area (Å²) in [6.45, 7) is 9.66. The summed E-state index contributed by atoms with van der Waals surface area (Å²) >= 11 is 1.34. The number of thiophene rings is 1. The molecule has 156 valence electrons. The summed E-state index contributed by atoms with van der Waals surface area (Å²) in [6, 6.07) is 9.62. The van der Waals surface area contributed by atoms with E-state index in [2.05, 4.69) is 12.2 Å². The van der Waals surface area contributed by atoms with E-state index in [0.717, 1.165) is 29.8 Å². The van der Waals surface area contributed by atoms with Crippen LogP contribution in [0, 0.1) is 18.3 Å². The van der Waals surface area contributed by atoms with Crippen LogP contribution in [0.25, 0.3) is 0 Å². The average Bonchev–Trinajstić information content (AvgIpc) is 3.45. The third kappa shape index (κ3) is 4.81. The predicted molar refractivity (Wildman–Crippen MR) is 119 cm³/mol. The minimum atomic E-state index is -0.488. The summed E-state index contributed by atoms with van der Waals surface area (Å²) in [6.07, 6.45) is 2.30.